The minimum atomic E-state index is -0.661. The van der Waals surface area contributed by atoms with Gasteiger partial charge in [-0.15, -0.1) is 0 Å². The number of hydrogen-bond donors (Lipinski definition) is 3. The third-order valence-corrected chi connectivity index (χ3v) is 15.2. The quantitative estimate of drug-likeness (QED) is 0.0320. The zero-order chi connectivity index (χ0) is 52.2. The first kappa shape index (κ1) is 70.3. The normalized spacial score (nSPS) is 12.7. The van der Waals surface area contributed by atoms with Crippen LogP contribution in [0, 0.1) is 0 Å². The Bertz CT molecular complexity index is 1120. The van der Waals surface area contributed by atoms with E-state index in [2.05, 4.69) is 43.5 Å². The largest absolute Gasteiger partial charge is 0.466 e. The molecule has 0 spiro atoms. The molecular weight excluding hydrogens is 887 g/mol. The number of aliphatic hydroxyl groups excluding tert-OH is 2. The van der Waals surface area contributed by atoms with E-state index in [-0.39, 0.29) is 18.5 Å². The lowest BCUT2D eigenvalue weighted by Crippen LogP contribution is -2.45. The van der Waals surface area contributed by atoms with E-state index in [4.69, 9.17) is 4.74 Å². The van der Waals surface area contributed by atoms with Crippen LogP contribution in [-0.2, 0) is 14.3 Å². The number of amides is 1. The van der Waals surface area contributed by atoms with Crippen LogP contribution in [0.2, 0.25) is 0 Å². The summed E-state index contributed by atoms with van der Waals surface area (Å²) in [4.78, 5) is 24.5. The maximum Gasteiger partial charge on any atom is 0.305 e. The number of esters is 1. The zero-order valence-electron chi connectivity index (χ0n) is 48.7. The van der Waals surface area contributed by atoms with E-state index >= 15 is 0 Å². The second kappa shape index (κ2) is 61.9. The van der Waals surface area contributed by atoms with Crippen molar-refractivity contribution >= 4 is 11.9 Å². The van der Waals surface area contributed by atoms with Crippen molar-refractivity contribution in [3.8, 4) is 0 Å². The van der Waals surface area contributed by atoms with Gasteiger partial charge in [-0.2, -0.15) is 0 Å². The molecule has 0 fully saturated rings. The summed E-state index contributed by atoms with van der Waals surface area (Å²) < 4.78 is 5.49. The van der Waals surface area contributed by atoms with Gasteiger partial charge >= 0.3 is 5.97 Å². The van der Waals surface area contributed by atoms with E-state index in [0.717, 1.165) is 44.9 Å². The van der Waals surface area contributed by atoms with Crippen molar-refractivity contribution in [3.05, 3.63) is 24.3 Å². The Kier molecular flexibility index (Phi) is 60.5. The molecule has 426 valence electrons. The molecule has 0 aliphatic carbocycles. The lowest BCUT2D eigenvalue weighted by Gasteiger charge is -2.22. The van der Waals surface area contributed by atoms with Crippen LogP contribution in [-0.4, -0.2) is 47.4 Å². The summed E-state index contributed by atoms with van der Waals surface area (Å²) in [6.07, 6.45) is 76.5. The molecule has 0 aromatic carbocycles. The third-order valence-electron chi connectivity index (χ3n) is 15.2. The Labute approximate surface area is 450 Å². The number of aliphatic hydroxyl groups is 2. The molecule has 0 aliphatic heterocycles. The average Bonchev–Trinajstić information content (AvgIpc) is 3.38. The first-order valence-electron chi connectivity index (χ1n) is 32.6. The molecular formula is C66H127NO5. The molecule has 0 saturated carbocycles. The van der Waals surface area contributed by atoms with E-state index < -0.39 is 12.1 Å². The van der Waals surface area contributed by atoms with Gasteiger partial charge in [0.15, 0.2) is 0 Å². The first-order valence-corrected chi connectivity index (χ1v) is 32.6. The number of ether oxygens (including phenoxy) is 1. The van der Waals surface area contributed by atoms with Crippen LogP contribution in [0.1, 0.15) is 361 Å². The van der Waals surface area contributed by atoms with E-state index in [0.29, 0.717) is 25.9 Å². The molecule has 0 aliphatic rings. The van der Waals surface area contributed by atoms with E-state index in [1.54, 1.807) is 0 Å². The third kappa shape index (κ3) is 57.6. The van der Waals surface area contributed by atoms with Crippen LogP contribution >= 0.6 is 0 Å². The Morgan fingerprint density at radius 3 is 0.986 bits per heavy atom. The predicted molar refractivity (Wildman–Crippen MR) is 315 cm³/mol. The van der Waals surface area contributed by atoms with Crippen molar-refractivity contribution in [1.29, 1.82) is 0 Å². The smallest absolute Gasteiger partial charge is 0.305 e. The summed E-state index contributed by atoms with van der Waals surface area (Å²) in [6, 6.07) is -0.538. The number of carbonyl (C=O) groups excluding carboxylic acids is 2. The highest BCUT2D eigenvalue weighted by molar-refractivity contribution is 5.76. The molecule has 0 aromatic rings. The van der Waals surface area contributed by atoms with Gasteiger partial charge in [0.05, 0.1) is 25.4 Å². The molecule has 3 N–H and O–H groups in total. The topological polar surface area (TPSA) is 95.9 Å². The Morgan fingerprint density at radius 2 is 0.653 bits per heavy atom. The van der Waals surface area contributed by atoms with E-state index in [1.165, 1.54) is 283 Å². The van der Waals surface area contributed by atoms with E-state index in [9.17, 15) is 19.8 Å². The SMILES string of the molecule is CCCCCCCC/C=C\CCCCCCCC(=O)OCCCCCCCCCCCCCC/C=C\CCCCCCCCCCCCCCCCC(=O)NC(CO)C(O)CCCCCCCCCCCC. The maximum absolute atomic E-state index is 12.4. The lowest BCUT2D eigenvalue weighted by molar-refractivity contribution is -0.143. The number of rotatable bonds is 61. The standard InChI is InChI=1S/C66H127NO5/c1-3-5-7-9-11-13-15-16-33-37-40-44-48-52-56-60-66(71)72-61-57-53-49-45-41-38-35-32-30-28-26-24-22-20-18-17-19-21-23-25-27-29-31-34-36-39-43-47-51-55-59-65(70)67-63(62-68)64(69)58-54-50-46-42-14-12-10-8-6-4-2/h16,18,20,33,63-64,68-69H,3-15,17,19,21-32,34-62H2,1-2H3,(H,67,70)/b20-18-,33-16-. The first-order chi connectivity index (χ1) is 35.5. The average molecular weight is 1010 g/mol. The molecule has 2 unspecified atom stereocenters. The maximum atomic E-state index is 12.4. The predicted octanol–water partition coefficient (Wildman–Crippen LogP) is 20.6. The van der Waals surface area contributed by atoms with Gasteiger partial charge in [0.25, 0.3) is 0 Å². The van der Waals surface area contributed by atoms with Gasteiger partial charge < -0.3 is 20.3 Å². The fourth-order valence-electron chi connectivity index (χ4n) is 10.2. The van der Waals surface area contributed by atoms with Crippen LogP contribution in [0.25, 0.3) is 0 Å². The molecule has 6 heteroatoms. The van der Waals surface area contributed by atoms with Gasteiger partial charge in [-0.1, -0.05) is 295 Å². The second-order valence-electron chi connectivity index (χ2n) is 22.4. The van der Waals surface area contributed by atoms with Crippen molar-refractivity contribution in [1.82, 2.24) is 5.32 Å². The van der Waals surface area contributed by atoms with Crippen LogP contribution in [0.15, 0.2) is 24.3 Å². The number of nitrogens with one attached hydrogen (secondary N) is 1. The van der Waals surface area contributed by atoms with Gasteiger partial charge in [-0.05, 0) is 77.0 Å². The van der Waals surface area contributed by atoms with Crippen LogP contribution in [0.4, 0.5) is 0 Å². The van der Waals surface area contributed by atoms with Crippen LogP contribution < -0.4 is 5.32 Å². The highest BCUT2D eigenvalue weighted by Crippen LogP contribution is 2.18. The van der Waals surface area contributed by atoms with Gasteiger partial charge in [-0.25, -0.2) is 0 Å². The fourth-order valence-corrected chi connectivity index (χ4v) is 10.2. The summed E-state index contributed by atoms with van der Waals surface area (Å²) in [5, 5.41) is 23.2. The summed E-state index contributed by atoms with van der Waals surface area (Å²) in [7, 11) is 0. The summed E-state index contributed by atoms with van der Waals surface area (Å²) in [5.41, 5.74) is 0. The number of hydrogen-bond acceptors (Lipinski definition) is 5. The Morgan fingerprint density at radius 1 is 0.375 bits per heavy atom. The Hall–Kier alpha value is -1.66. The summed E-state index contributed by atoms with van der Waals surface area (Å²) in [5.74, 6) is -0.0244. The van der Waals surface area contributed by atoms with Gasteiger partial charge in [-0.3, -0.25) is 9.59 Å². The highest BCUT2D eigenvalue weighted by atomic mass is 16.5. The lowest BCUT2D eigenvalue weighted by atomic mass is 10.0. The van der Waals surface area contributed by atoms with Crippen LogP contribution in [0.3, 0.4) is 0 Å². The van der Waals surface area contributed by atoms with Crippen LogP contribution in [0.5, 0.6) is 0 Å². The Balaban J connectivity index is 3.34. The van der Waals surface area contributed by atoms with E-state index in [1.807, 2.05) is 0 Å². The summed E-state index contributed by atoms with van der Waals surface area (Å²) in [6.45, 7) is 4.95. The molecule has 0 saturated heterocycles. The van der Waals surface area contributed by atoms with Gasteiger partial charge in [0.1, 0.15) is 0 Å². The second-order valence-corrected chi connectivity index (χ2v) is 22.4. The molecule has 0 bridgehead atoms. The number of allylic oxidation sites excluding steroid dienone is 4. The van der Waals surface area contributed by atoms with Crippen molar-refractivity contribution in [3.63, 3.8) is 0 Å². The minimum Gasteiger partial charge on any atom is -0.466 e. The highest BCUT2D eigenvalue weighted by Gasteiger charge is 2.20. The molecule has 6 nitrogen and oxygen atoms in total. The molecule has 0 rings (SSSR count). The number of unbranched alkanes of at least 4 members (excludes halogenated alkanes) is 46. The molecule has 2 atom stereocenters. The molecule has 1 amide bonds. The molecule has 0 aromatic heterocycles. The molecule has 0 radical (unpaired) electrons. The van der Waals surface area contributed by atoms with Crippen molar-refractivity contribution in [2.24, 2.45) is 0 Å². The van der Waals surface area contributed by atoms with Crippen molar-refractivity contribution in [2.45, 2.75) is 373 Å². The molecule has 72 heavy (non-hydrogen) atoms. The number of carbonyl (C=O) groups is 2. The van der Waals surface area contributed by atoms with Gasteiger partial charge in [0, 0.05) is 12.8 Å². The fraction of sp³-hybridized carbons (Fsp3) is 0.909. The van der Waals surface area contributed by atoms with Gasteiger partial charge in [0.2, 0.25) is 5.91 Å². The zero-order valence-corrected chi connectivity index (χ0v) is 48.7. The van der Waals surface area contributed by atoms with Crippen molar-refractivity contribution < 1.29 is 24.5 Å². The monoisotopic (exact) mass is 1010 g/mol. The summed E-state index contributed by atoms with van der Waals surface area (Å²) >= 11 is 0. The van der Waals surface area contributed by atoms with Crippen molar-refractivity contribution in [2.75, 3.05) is 13.2 Å². The molecule has 0 heterocycles. The minimum absolute atomic E-state index is 0.00945.